The number of anilines is 1. The van der Waals surface area contributed by atoms with Gasteiger partial charge in [0.15, 0.2) is 11.6 Å². The van der Waals surface area contributed by atoms with Crippen LogP contribution in [0.4, 0.5) is 23.8 Å². The zero-order chi connectivity index (χ0) is 39.6. The van der Waals surface area contributed by atoms with Crippen molar-refractivity contribution in [1.29, 1.82) is 0 Å². The standard InChI is InChI=1S/C41H50F3N7O5/c1-25(2)51(28-13-41(43,44)14-28)37(52)30-12-27(42)6-7-33(30)55-35-17-45-24-47-36(35)50-22-40(23-50)15-29(16-40)54-34-8-10-46-32-9-11-48(21-31(32)34)18-26-19-49(20-26)38(53)56-39(3,4)5/h6-8,10,12,17,24-26,28-29H,9,11,13-16,18-23H2,1-5H3. The van der Waals surface area contributed by atoms with Crippen LogP contribution < -0.4 is 14.4 Å². The van der Waals surface area contributed by atoms with Gasteiger partial charge in [0, 0.05) is 106 Å². The SMILES string of the molecule is CC(C)N(C(=O)c1cc(F)ccc1Oc1cncnc1N1CC2(CC(Oc3ccnc4c3CN(CC3CN(C(=O)OC(C)(C)C)C3)CC4)C2)C1)C1CC(F)(F)C1. The van der Waals surface area contributed by atoms with Crippen LogP contribution in [-0.2, 0) is 17.7 Å². The molecule has 0 bridgehead atoms. The zero-order valence-electron chi connectivity index (χ0n) is 32.6. The van der Waals surface area contributed by atoms with Crippen LogP contribution in [-0.4, -0.2) is 111 Å². The highest BCUT2D eigenvalue weighted by molar-refractivity contribution is 5.97. The Morgan fingerprint density at radius 3 is 2.46 bits per heavy atom. The van der Waals surface area contributed by atoms with E-state index >= 15 is 0 Å². The molecule has 5 heterocycles. The summed E-state index contributed by atoms with van der Waals surface area (Å²) in [5, 5.41) is 0. The Morgan fingerprint density at radius 1 is 1.02 bits per heavy atom. The van der Waals surface area contributed by atoms with Crippen molar-refractivity contribution in [3.05, 3.63) is 65.6 Å². The number of likely N-dealkylation sites (tertiary alicyclic amines) is 1. The summed E-state index contributed by atoms with van der Waals surface area (Å²) in [4.78, 5) is 47.2. The number of carbonyl (C=O) groups excluding carboxylic acids is 2. The summed E-state index contributed by atoms with van der Waals surface area (Å²) < 4.78 is 60.5. The quantitative estimate of drug-likeness (QED) is 0.220. The highest BCUT2D eigenvalue weighted by atomic mass is 19.3. The third kappa shape index (κ3) is 7.83. The molecular formula is C41H50F3N7O5. The summed E-state index contributed by atoms with van der Waals surface area (Å²) >= 11 is 0. The maximum absolute atomic E-state index is 14.5. The minimum atomic E-state index is -2.82. The van der Waals surface area contributed by atoms with E-state index in [9.17, 15) is 22.8 Å². The van der Waals surface area contributed by atoms with Gasteiger partial charge in [-0.2, -0.15) is 0 Å². The van der Waals surface area contributed by atoms with E-state index < -0.39 is 42.1 Å². The number of amides is 2. The van der Waals surface area contributed by atoms with Crippen molar-refractivity contribution < 1.29 is 37.0 Å². The first-order chi connectivity index (χ1) is 26.5. The van der Waals surface area contributed by atoms with Crippen LogP contribution in [0.1, 0.15) is 81.9 Å². The maximum Gasteiger partial charge on any atom is 0.410 e. The van der Waals surface area contributed by atoms with Crippen molar-refractivity contribution >= 4 is 17.8 Å². The van der Waals surface area contributed by atoms with E-state index in [4.69, 9.17) is 14.2 Å². The van der Waals surface area contributed by atoms with Crippen molar-refractivity contribution in [2.45, 2.75) is 103 Å². The molecule has 2 aromatic heterocycles. The molecule has 1 spiro atoms. The topological polar surface area (TPSA) is 113 Å². The van der Waals surface area contributed by atoms with E-state index in [-0.39, 0.29) is 35.0 Å². The molecule has 300 valence electrons. The first-order valence-electron chi connectivity index (χ1n) is 19.6. The Kier molecular flexibility index (Phi) is 9.81. The molecule has 5 aliphatic rings. The zero-order valence-corrected chi connectivity index (χ0v) is 32.6. The smallest absolute Gasteiger partial charge is 0.410 e. The minimum absolute atomic E-state index is 0.0444. The molecule has 2 amide bonds. The maximum atomic E-state index is 14.5. The molecule has 2 aliphatic carbocycles. The predicted octanol–water partition coefficient (Wildman–Crippen LogP) is 6.72. The number of benzene rings is 1. The van der Waals surface area contributed by atoms with Crippen molar-refractivity contribution in [1.82, 2.24) is 29.7 Å². The summed E-state index contributed by atoms with van der Waals surface area (Å²) in [7, 11) is 0. The number of nitrogens with zero attached hydrogens (tertiary/aromatic N) is 7. The second kappa shape index (κ2) is 14.4. The third-order valence-corrected chi connectivity index (χ3v) is 11.5. The van der Waals surface area contributed by atoms with Crippen molar-refractivity contribution in [2.24, 2.45) is 11.3 Å². The highest BCUT2D eigenvalue weighted by Gasteiger charge is 2.55. The summed E-state index contributed by atoms with van der Waals surface area (Å²) in [5.74, 6) is -1.75. The minimum Gasteiger partial charge on any atom is -0.490 e. The molecule has 0 unspecified atom stereocenters. The Hall–Kier alpha value is -4.66. The van der Waals surface area contributed by atoms with Gasteiger partial charge in [-0.05, 0) is 71.7 Å². The van der Waals surface area contributed by atoms with Gasteiger partial charge in [-0.1, -0.05) is 0 Å². The van der Waals surface area contributed by atoms with Crippen molar-refractivity contribution in [2.75, 3.05) is 44.2 Å². The fourth-order valence-corrected chi connectivity index (χ4v) is 8.88. The molecule has 0 radical (unpaired) electrons. The summed E-state index contributed by atoms with van der Waals surface area (Å²) in [6.45, 7) is 14.6. The lowest BCUT2D eigenvalue weighted by molar-refractivity contribution is -0.120. The van der Waals surface area contributed by atoms with Gasteiger partial charge in [-0.15, -0.1) is 0 Å². The molecule has 12 nitrogen and oxygen atoms in total. The number of fused-ring (bicyclic) bond motifs is 1. The molecule has 1 aromatic carbocycles. The van der Waals surface area contributed by atoms with E-state index in [2.05, 4.69) is 24.8 Å². The second-order valence-electron chi connectivity index (χ2n) is 17.7. The molecule has 0 N–H and O–H groups in total. The molecule has 2 saturated heterocycles. The fourth-order valence-electron chi connectivity index (χ4n) is 8.88. The van der Waals surface area contributed by atoms with E-state index in [0.29, 0.717) is 30.6 Å². The number of ether oxygens (including phenoxy) is 3. The van der Waals surface area contributed by atoms with Crippen LogP contribution in [0, 0.1) is 17.2 Å². The molecule has 3 aromatic rings. The van der Waals surface area contributed by atoms with Crippen LogP contribution >= 0.6 is 0 Å². The van der Waals surface area contributed by atoms with E-state index in [1.165, 1.54) is 29.6 Å². The number of alkyl halides is 2. The van der Waals surface area contributed by atoms with Gasteiger partial charge >= 0.3 is 6.09 Å². The molecular weight excluding hydrogens is 727 g/mol. The first-order valence-corrected chi connectivity index (χ1v) is 19.6. The Balaban J connectivity index is 0.865. The first kappa shape index (κ1) is 38.2. The van der Waals surface area contributed by atoms with Crippen LogP contribution in [0.3, 0.4) is 0 Å². The number of hydrogen-bond acceptors (Lipinski definition) is 10. The Bertz CT molecular complexity index is 1960. The lowest BCUT2D eigenvalue weighted by Gasteiger charge is -2.59. The van der Waals surface area contributed by atoms with Gasteiger partial charge in [0.2, 0.25) is 0 Å². The Morgan fingerprint density at radius 2 is 1.77 bits per heavy atom. The lowest BCUT2D eigenvalue weighted by atomic mass is 9.61. The van der Waals surface area contributed by atoms with Gasteiger partial charge in [-0.25, -0.2) is 27.9 Å². The van der Waals surface area contributed by atoms with Gasteiger partial charge in [0.1, 0.15) is 35.3 Å². The molecule has 2 saturated carbocycles. The monoisotopic (exact) mass is 777 g/mol. The van der Waals surface area contributed by atoms with Crippen molar-refractivity contribution in [3.63, 3.8) is 0 Å². The molecule has 0 atom stereocenters. The van der Waals surface area contributed by atoms with Crippen LogP contribution in [0.2, 0.25) is 0 Å². The second-order valence-corrected chi connectivity index (χ2v) is 17.7. The largest absolute Gasteiger partial charge is 0.490 e. The molecule has 8 rings (SSSR count). The fraction of sp³-hybridized carbons (Fsp3) is 0.585. The Labute approximate surface area is 325 Å². The van der Waals surface area contributed by atoms with E-state index in [1.807, 2.05) is 33.0 Å². The highest BCUT2D eigenvalue weighted by Crippen LogP contribution is 2.52. The number of hydrogen-bond donors (Lipinski definition) is 0. The average Bonchev–Trinajstić information content (AvgIpc) is 3.06. The molecule has 3 aliphatic heterocycles. The molecule has 4 fully saturated rings. The molecule has 15 heteroatoms. The summed E-state index contributed by atoms with van der Waals surface area (Å²) in [6.07, 6.45) is 6.37. The number of carbonyl (C=O) groups is 2. The number of rotatable bonds is 10. The molecule has 56 heavy (non-hydrogen) atoms. The lowest BCUT2D eigenvalue weighted by Crippen LogP contribution is -2.65. The van der Waals surface area contributed by atoms with Crippen LogP contribution in [0.5, 0.6) is 17.2 Å². The van der Waals surface area contributed by atoms with Gasteiger partial charge in [0.25, 0.3) is 11.8 Å². The number of halogens is 3. The van der Waals surface area contributed by atoms with Crippen molar-refractivity contribution in [3.8, 4) is 17.2 Å². The third-order valence-electron chi connectivity index (χ3n) is 11.5. The van der Waals surface area contributed by atoms with E-state index in [0.717, 1.165) is 75.1 Å². The number of aromatic nitrogens is 3. The van der Waals surface area contributed by atoms with Gasteiger partial charge in [0.05, 0.1) is 11.8 Å². The normalized spacial score (nSPS) is 20.7. The van der Waals surface area contributed by atoms with Gasteiger partial charge < -0.3 is 28.9 Å². The predicted molar refractivity (Wildman–Crippen MR) is 201 cm³/mol. The van der Waals surface area contributed by atoms with Crippen LogP contribution in [0.15, 0.2) is 43.0 Å². The average molecular weight is 778 g/mol. The van der Waals surface area contributed by atoms with Gasteiger partial charge in [-0.3, -0.25) is 14.7 Å². The summed E-state index contributed by atoms with van der Waals surface area (Å²) in [6, 6.07) is 4.62. The summed E-state index contributed by atoms with van der Waals surface area (Å²) in [5.41, 5.74) is 1.74. The number of pyridine rings is 1. The van der Waals surface area contributed by atoms with Crippen LogP contribution in [0.25, 0.3) is 0 Å². The van der Waals surface area contributed by atoms with E-state index in [1.54, 1.807) is 18.7 Å².